The van der Waals surface area contributed by atoms with E-state index in [9.17, 15) is 19.6 Å². The van der Waals surface area contributed by atoms with E-state index >= 15 is 0 Å². The summed E-state index contributed by atoms with van der Waals surface area (Å²) in [7, 11) is 0. The summed E-state index contributed by atoms with van der Waals surface area (Å²) in [5.41, 5.74) is 10.3. The summed E-state index contributed by atoms with van der Waals surface area (Å²) < 4.78 is 0. The minimum Gasteiger partial charge on any atom is -0.368 e. The molecular formula is C13H26N6O4. The average molecular weight is 330 g/mol. The van der Waals surface area contributed by atoms with E-state index in [4.69, 9.17) is 16.9 Å². The van der Waals surface area contributed by atoms with Crippen LogP contribution in [0.25, 0.3) is 0 Å². The Labute approximate surface area is 135 Å². The first kappa shape index (κ1) is 20.6. The minimum atomic E-state index is -0.946. The molecule has 23 heavy (non-hydrogen) atoms. The van der Waals surface area contributed by atoms with Crippen LogP contribution in [0.5, 0.6) is 0 Å². The van der Waals surface area contributed by atoms with E-state index in [-0.39, 0.29) is 31.2 Å². The minimum absolute atomic E-state index is 0.0221. The number of hydrogen-bond donors (Lipinski definition) is 6. The Kier molecular flexibility index (Phi) is 8.63. The lowest BCUT2D eigenvalue weighted by atomic mass is 10.0. The Morgan fingerprint density at radius 3 is 2.17 bits per heavy atom. The second-order valence-electron chi connectivity index (χ2n) is 5.54. The highest BCUT2D eigenvalue weighted by atomic mass is 16.5. The zero-order valence-corrected chi connectivity index (χ0v) is 13.6. The van der Waals surface area contributed by atoms with Gasteiger partial charge in [0, 0.05) is 13.5 Å². The van der Waals surface area contributed by atoms with Crippen molar-refractivity contribution in [3.05, 3.63) is 0 Å². The zero-order chi connectivity index (χ0) is 18.2. The Hall–Kier alpha value is -2.36. The Balaban J connectivity index is 4.66. The summed E-state index contributed by atoms with van der Waals surface area (Å²) >= 11 is 0. The zero-order valence-electron chi connectivity index (χ0n) is 13.6. The first-order valence-corrected chi connectivity index (χ1v) is 7.23. The molecular weight excluding hydrogens is 304 g/mol. The number of carbonyl (C=O) groups is 3. The van der Waals surface area contributed by atoms with Gasteiger partial charge in [-0.15, -0.1) is 0 Å². The van der Waals surface area contributed by atoms with Gasteiger partial charge >= 0.3 is 0 Å². The van der Waals surface area contributed by atoms with Crippen molar-refractivity contribution in [1.29, 1.82) is 5.41 Å². The summed E-state index contributed by atoms with van der Waals surface area (Å²) in [4.78, 5) is 34.8. The smallest absolute Gasteiger partial charge is 0.243 e. The number of rotatable bonds is 9. The third-order valence-electron chi connectivity index (χ3n) is 3.11. The van der Waals surface area contributed by atoms with E-state index in [1.54, 1.807) is 13.8 Å². The SMILES string of the molecule is CC(=O)NC(C(=O)NC(CCCN(O)C(=N)N)C(N)=O)C(C)C. The first-order valence-electron chi connectivity index (χ1n) is 7.23. The lowest BCUT2D eigenvalue weighted by Crippen LogP contribution is -2.54. The maximum absolute atomic E-state index is 12.2. The lowest BCUT2D eigenvalue weighted by Gasteiger charge is -2.24. The van der Waals surface area contributed by atoms with Crippen LogP contribution in [-0.2, 0) is 14.4 Å². The Bertz CT molecular complexity index is 454. The first-order chi connectivity index (χ1) is 10.6. The third kappa shape index (κ3) is 8.00. The van der Waals surface area contributed by atoms with Crippen molar-refractivity contribution in [3.8, 4) is 0 Å². The molecule has 8 N–H and O–H groups in total. The Morgan fingerprint density at radius 1 is 1.22 bits per heavy atom. The maximum atomic E-state index is 12.2. The van der Waals surface area contributed by atoms with Crippen LogP contribution in [0.4, 0.5) is 0 Å². The molecule has 2 atom stereocenters. The number of hydrogen-bond acceptors (Lipinski definition) is 5. The summed E-state index contributed by atoms with van der Waals surface area (Å²) in [6.07, 6.45) is 0.437. The molecule has 0 spiro atoms. The van der Waals surface area contributed by atoms with Gasteiger partial charge in [0.2, 0.25) is 23.7 Å². The van der Waals surface area contributed by atoms with Gasteiger partial charge in [-0.2, -0.15) is 0 Å². The van der Waals surface area contributed by atoms with Crippen LogP contribution >= 0.6 is 0 Å². The summed E-state index contributed by atoms with van der Waals surface area (Å²) in [5.74, 6) is -2.28. The topological polar surface area (TPSA) is 175 Å². The standard InChI is InChI=1S/C13H26N6O4/c1-7(2)10(17-8(3)20)12(22)18-9(11(14)21)5-4-6-19(23)13(15)16/h7,9-10,23H,4-6H2,1-3H3,(H2,14,21)(H3,15,16)(H,17,20)(H,18,22). The van der Waals surface area contributed by atoms with Crippen LogP contribution in [0, 0.1) is 11.3 Å². The van der Waals surface area contributed by atoms with Gasteiger partial charge in [0.15, 0.2) is 0 Å². The molecule has 0 aliphatic carbocycles. The molecule has 0 saturated carbocycles. The van der Waals surface area contributed by atoms with Crippen molar-refractivity contribution < 1.29 is 19.6 Å². The largest absolute Gasteiger partial charge is 0.368 e. The van der Waals surface area contributed by atoms with Gasteiger partial charge in [0.05, 0.1) is 0 Å². The molecule has 3 amide bonds. The summed E-state index contributed by atoms with van der Waals surface area (Å²) in [6, 6.07) is -1.72. The fourth-order valence-corrected chi connectivity index (χ4v) is 1.87. The number of hydroxylamine groups is 2. The van der Waals surface area contributed by atoms with Crippen molar-refractivity contribution >= 4 is 23.7 Å². The van der Waals surface area contributed by atoms with Crippen LogP contribution < -0.4 is 22.1 Å². The maximum Gasteiger partial charge on any atom is 0.243 e. The van der Waals surface area contributed by atoms with Crippen molar-refractivity contribution in [2.45, 2.75) is 45.7 Å². The quantitative estimate of drug-likeness (QED) is 0.170. The Morgan fingerprint density at radius 2 is 1.78 bits per heavy atom. The molecule has 0 radical (unpaired) electrons. The summed E-state index contributed by atoms with van der Waals surface area (Å²) in [5, 5.41) is 21.8. The molecule has 0 fully saturated rings. The molecule has 0 saturated heterocycles. The van der Waals surface area contributed by atoms with Crippen LogP contribution in [0.15, 0.2) is 0 Å². The van der Waals surface area contributed by atoms with Crippen molar-refractivity contribution in [1.82, 2.24) is 15.7 Å². The molecule has 10 heteroatoms. The van der Waals surface area contributed by atoms with Gasteiger partial charge in [-0.25, -0.2) is 5.06 Å². The van der Waals surface area contributed by atoms with Crippen LogP contribution in [0.1, 0.15) is 33.6 Å². The molecule has 0 aliphatic heterocycles. The molecule has 0 bridgehead atoms. The van der Waals surface area contributed by atoms with Crippen LogP contribution in [-0.4, -0.2) is 52.6 Å². The number of nitrogens with zero attached hydrogens (tertiary/aromatic N) is 1. The highest BCUT2D eigenvalue weighted by molar-refractivity contribution is 5.91. The molecule has 132 valence electrons. The number of amides is 3. The fourth-order valence-electron chi connectivity index (χ4n) is 1.87. The molecule has 2 unspecified atom stereocenters. The normalized spacial score (nSPS) is 13.1. The number of primary amides is 1. The van der Waals surface area contributed by atoms with Gasteiger partial charge in [0.25, 0.3) is 0 Å². The summed E-state index contributed by atoms with van der Waals surface area (Å²) in [6.45, 7) is 4.84. The lowest BCUT2D eigenvalue weighted by molar-refractivity contribution is -0.132. The third-order valence-corrected chi connectivity index (χ3v) is 3.11. The highest BCUT2D eigenvalue weighted by Crippen LogP contribution is 2.05. The molecule has 0 aromatic heterocycles. The van der Waals surface area contributed by atoms with Gasteiger partial charge in [0.1, 0.15) is 12.1 Å². The van der Waals surface area contributed by atoms with Gasteiger partial charge < -0.3 is 22.1 Å². The van der Waals surface area contributed by atoms with Crippen LogP contribution in [0.2, 0.25) is 0 Å². The van der Waals surface area contributed by atoms with Crippen molar-refractivity contribution in [2.75, 3.05) is 6.54 Å². The van der Waals surface area contributed by atoms with Gasteiger partial charge in [-0.3, -0.25) is 25.0 Å². The second kappa shape index (κ2) is 9.62. The van der Waals surface area contributed by atoms with Gasteiger partial charge in [-0.1, -0.05) is 13.8 Å². The number of nitrogens with two attached hydrogens (primary N) is 2. The van der Waals surface area contributed by atoms with E-state index in [0.717, 1.165) is 0 Å². The van der Waals surface area contributed by atoms with Gasteiger partial charge in [-0.05, 0) is 18.8 Å². The molecule has 10 nitrogen and oxygen atoms in total. The molecule has 0 heterocycles. The van der Waals surface area contributed by atoms with E-state index < -0.39 is 29.9 Å². The monoisotopic (exact) mass is 330 g/mol. The van der Waals surface area contributed by atoms with E-state index in [1.807, 2.05) is 0 Å². The van der Waals surface area contributed by atoms with Crippen molar-refractivity contribution in [2.24, 2.45) is 17.4 Å². The number of carbonyl (C=O) groups excluding carboxylic acids is 3. The van der Waals surface area contributed by atoms with Crippen LogP contribution in [0.3, 0.4) is 0 Å². The van der Waals surface area contributed by atoms with E-state index in [0.29, 0.717) is 5.06 Å². The molecule has 0 aliphatic rings. The number of nitrogens with one attached hydrogen (secondary N) is 3. The predicted molar refractivity (Wildman–Crippen MR) is 83.2 cm³/mol. The van der Waals surface area contributed by atoms with E-state index in [1.165, 1.54) is 6.92 Å². The molecule has 0 aromatic carbocycles. The fraction of sp³-hybridized carbons (Fsp3) is 0.692. The highest BCUT2D eigenvalue weighted by Gasteiger charge is 2.27. The predicted octanol–water partition coefficient (Wildman–Crippen LogP) is -1.52. The molecule has 0 rings (SSSR count). The second-order valence-corrected chi connectivity index (χ2v) is 5.54. The number of guanidine groups is 1. The van der Waals surface area contributed by atoms with Crippen molar-refractivity contribution in [3.63, 3.8) is 0 Å². The van der Waals surface area contributed by atoms with E-state index in [2.05, 4.69) is 10.6 Å². The molecule has 0 aromatic rings. The average Bonchev–Trinajstić information content (AvgIpc) is 2.42.